The lowest BCUT2D eigenvalue weighted by atomic mass is 10.0. The maximum atomic E-state index is 13.1. The Balaban J connectivity index is 0.000000840. The molecule has 1 unspecified atom stereocenters. The van der Waals surface area contributed by atoms with E-state index in [2.05, 4.69) is 9.88 Å². The number of carbonyl (C=O) groups excluding carboxylic acids is 1. The molecule has 1 aromatic heterocycles. The van der Waals surface area contributed by atoms with Crippen LogP contribution in [-0.2, 0) is 15.3 Å². The summed E-state index contributed by atoms with van der Waals surface area (Å²) in [4.78, 5) is 21.3. The molecule has 1 aliphatic heterocycles. The Morgan fingerprint density at radius 2 is 2.03 bits per heavy atom. The quantitative estimate of drug-likeness (QED) is 0.436. The van der Waals surface area contributed by atoms with Gasteiger partial charge >= 0.3 is 10.5 Å². The van der Waals surface area contributed by atoms with Crippen molar-refractivity contribution in [3.8, 4) is 11.5 Å². The second-order valence-corrected chi connectivity index (χ2v) is 9.09. The summed E-state index contributed by atoms with van der Waals surface area (Å²) in [5.41, 5.74) is 2.75. The standard InChI is InChI=1S/C25H29N3O4.HNO2S/c1-17-8-9-23(21-7-4-11-26-25(17)21)32-16-24(31)27(2)22(15-28-12-10-20(30)14-28)18-5-3-6-19(29)13-18;1-4(2)3/h3-9,11,13,20,22,29-30H,10,12,14-16H2,1-2H3;1H/t20-,22?;/m0./s1. The number of nitrogens with zero attached hydrogens (tertiary/aromatic N) is 3. The molecule has 1 fully saturated rings. The van der Waals surface area contributed by atoms with Crippen LogP contribution in [0.4, 0.5) is 0 Å². The number of likely N-dealkylation sites (N-methyl/N-ethyl adjacent to an activating group) is 1. The largest absolute Gasteiger partial charge is 0.508 e. The molecule has 3 N–H and O–H groups in total. The van der Waals surface area contributed by atoms with Crippen LogP contribution in [0.2, 0.25) is 0 Å². The van der Waals surface area contributed by atoms with Crippen molar-refractivity contribution >= 4 is 27.3 Å². The van der Waals surface area contributed by atoms with Crippen molar-refractivity contribution in [1.29, 1.82) is 4.78 Å². The molecule has 0 bridgehead atoms. The highest BCUT2D eigenvalue weighted by atomic mass is 32.2. The summed E-state index contributed by atoms with van der Waals surface area (Å²) in [5, 5.41) is 20.8. The first-order valence-electron chi connectivity index (χ1n) is 11.4. The van der Waals surface area contributed by atoms with Gasteiger partial charge in [-0.2, -0.15) is 13.2 Å². The summed E-state index contributed by atoms with van der Waals surface area (Å²) in [6, 6.07) is 14.3. The average molecular weight is 515 g/mol. The molecule has 0 radical (unpaired) electrons. The summed E-state index contributed by atoms with van der Waals surface area (Å²) in [6.45, 7) is 3.81. The fourth-order valence-corrected chi connectivity index (χ4v) is 4.23. The highest BCUT2D eigenvalue weighted by molar-refractivity contribution is 7.60. The van der Waals surface area contributed by atoms with Crippen molar-refractivity contribution in [2.24, 2.45) is 0 Å². The number of aromatic hydroxyl groups is 1. The second kappa shape index (κ2) is 12.4. The normalized spacial score (nSPS) is 16.1. The van der Waals surface area contributed by atoms with Crippen LogP contribution in [0.3, 0.4) is 0 Å². The van der Waals surface area contributed by atoms with Crippen LogP contribution in [0.5, 0.6) is 11.5 Å². The van der Waals surface area contributed by atoms with Crippen molar-refractivity contribution in [3.05, 3.63) is 65.9 Å². The van der Waals surface area contributed by atoms with E-state index in [0.717, 1.165) is 35.0 Å². The number of aryl methyl sites for hydroxylation is 1. The minimum atomic E-state index is -2.61. The van der Waals surface area contributed by atoms with Gasteiger partial charge in [0, 0.05) is 38.3 Å². The number of nitrogens with one attached hydrogen (secondary N) is 1. The Bertz CT molecular complexity index is 1310. The van der Waals surface area contributed by atoms with Gasteiger partial charge in [0.1, 0.15) is 11.5 Å². The van der Waals surface area contributed by atoms with Crippen molar-refractivity contribution in [1.82, 2.24) is 14.8 Å². The maximum Gasteiger partial charge on any atom is 0.308 e. The SMILES string of the molecule is Cc1ccc(OCC(=O)N(C)C(CN2CC[C@H](O)C2)c2cccc(O)c2)c2cccnc12.N=S(=O)=O. The van der Waals surface area contributed by atoms with Gasteiger partial charge < -0.3 is 19.8 Å². The van der Waals surface area contributed by atoms with Crippen LogP contribution in [0, 0.1) is 11.7 Å². The van der Waals surface area contributed by atoms with Crippen molar-refractivity contribution < 1.29 is 28.2 Å². The first kappa shape index (κ1) is 27.1. The van der Waals surface area contributed by atoms with Gasteiger partial charge in [0.15, 0.2) is 6.61 Å². The third kappa shape index (κ3) is 7.23. The number of phenols is 1. The molecule has 10 nitrogen and oxygen atoms in total. The molecule has 11 heteroatoms. The zero-order chi connectivity index (χ0) is 26.2. The third-order valence-corrected chi connectivity index (χ3v) is 6.08. The number of phenolic OH excluding ortho intramolecular Hbond substituents is 1. The number of aliphatic hydroxyl groups excluding tert-OH is 1. The summed E-state index contributed by atoms with van der Waals surface area (Å²) in [5.74, 6) is 0.609. The number of fused-ring (bicyclic) bond motifs is 1. The van der Waals surface area contributed by atoms with E-state index in [4.69, 9.17) is 17.9 Å². The molecule has 3 aromatic rings. The number of likely N-dealkylation sites (tertiary alicyclic amines) is 1. The molecule has 0 aliphatic carbocycles. The number of rotatable bonds is 7. The van der Waals surface area contributed by atoms with Gasteiger partial charge in [0.25, 0.3) is 5.91 Å². The Hall–Kier alpha value is -3.54. The van der Waals surface area contributed by atoms with Gasteiger partial charge in [-0.15, -0.1) is 0 Å². The van der Waals surface area contributed by atoms with Gasteiger partial charge in [-0.25, -0.2) is 0 Å². The molecule has 1 aliphatic rings. The Morgan fingerprint density at radius 1 is 1.28 bits per heavy atom. The van der Waals surface area contributed by atoms with Crippen LogP contribution >= 0.6 is 0 Å². The molecule has 2 atom stereocenters. The Labute approximate surface area is 211 Å². The zero-order valence-electron chi connectivity index (χ0n) is 20.2. The molecular formula is C25H30N4O6S. The summed E-state index contributed by atoms with van der Waals surface area (Å²) in [6.07, 6.45) is 2.13. The third-order valence-electron chi connectivity index (χ3n) is 6.08. The number of pyridine rings is 1. The molecule has 192 valence electrons. The molecule has 36 heavy (non-hydrogen) atoms. The minimum Gasteiger partial charge on any atom is -0.508 e. The number of ether oxygens (including phenoxy) is 1. The summed E-state index contributed by atoms with van der Waals surface area (Å²) < 4.78 is 28.8. The first-order valence-corrected chi connectivity index (χ1v) is 12.5. The van der Waals surface area contributed by atoms with E-state index < -0.39 is 10.5 Å². The molecule has 2 aromatic carbocycles. The molecule has 2 heterocycles. The van der Waals surface area contributed by atoms with E-state index in [-0.39, 0.29) is 30.4 Å². The van der Waals surface area contributed by atoms with Crippen molar-refractivity contribution in [3.63, 3.8) is 0 Å². The number of β-amino-alcohol motifs (C(OH)–C–C–N with tert-alkyl or cyclic N) is 1. The van der Waals surface area contributed by atoms with Crippen LogP contribution in [0.25, 0.3) is 10.9 Å². The lowest BCUT2D eigenvalue weighted by molar-refractivity contribution is -0.134. The maximum absolute atomic E-state index is 13.1. The zero-order valence-corrected chi connectivity index (χ0v) is 21.0. The number of hydrogen-bond acceptors (Lipinski definition) is 9. The highest BCUT2D eigenvalue weighted by Gasteiger charge is 2.28. The predicted molar refractivity (Wildman–Crippen MR) is 134 cm³/mol. The highest BCUT2D eigenvalue weighted by Crippen LogP contribution is 2.28. The number of aromatic nitrogens is 1. The fourth-order valence-electron chi connectivity index (χ4n) is 4.23. The number of carbonyl (C=O) groups is 1. The Kier molecular flexibility index (Phi) is 9.34. The van der Waals surface area contributed by atoms with E-state index in [1.807, 2.05) is 37.3 Å². The van der Waals surface area contributed by atoms with Crippen LogP contribution in [0.15, 0.2) is 54.7 Å². The van der Waals surface area contributed by atoms with Gasteiger partial charge in [0.05, 0.1) is 17.7 Å². The number of aliphatic hydroxyl groups is 1. The van der Waals surface area contributed by atoms with E-state index >= 15 is 0 Å². The van der Waals surface area contributed by atoms with E-state index in [0.29, 0.717) is 18.8 Å². The van der Waals surface area contributed by atoms with Gasteiger partial charge in [-0.1, -0.05) is 18.2 Å². The summed E-state index contributed by atoms with van der Waals surface area (Å²) >= 11 is 0. The Morgan fingerprint density at radius 3 is 2.69 bits per heavy atom. The molecule has 1 amide bonds. The minimum absolute atomic E-state index is 0.110. The van der Waals surface area contributed by atoms with E-state index in [1.165, 1.54) is 0 Å². The second-order valence-electron chi connectivity index (χ2n) is 8.62. The smallest absolute Gasteiger partial charge is 0.308 e. The lowest BCUT2D eigenvalue weighted by Crippen LogP contribution is -2.40. The number of benzene rings is 2. The molecule has 1 saturated heterocycles. The van der Waals surface area contributed by atoms with Crippen molar-refractivity contribution in [2.75, 3.05) is 33.3 Å². The van der Waals surface area contributed by atoms with Gasteiger partial charge in [0.2, 0.25) is 0 Å². The van der Waals surface area contributed by atoms with Crippen molar-refractivity contribution in [2.45, 2.75) is 25.5 Å². The topological polar surface area (TPSA) is 144 Å². The molecule has 4 rings (SSSR count). The van der Waals surface area contributed by atoms with Gasteiger partial charge in [-0.05, 0) is 54.8 Å². The van der Waals surface area contributed by atoms with Gasteiger partial charge in [-0.3, -0.25) is 14.7 Å². The van der Waals surface area contributed by atoms with Crippen LogP contribution < -0.4 is 4.74 Å². The van der Waals surface area contributed by atoms with E-state index in [9.17, 15) is 15.0 Å². The monoisotopic (exact) mass is 514 g/mol. The summed E-state index contributed by atoms with van der Waals surface area (Å²) in [7, 11) is -0.859. The average Bonchev–Trinajstić information content (AvgIpc) is 3.26. The number of amides is 1. The van der Waals surface area contributed by atoms with Crippen LogP contribution in [-0.4, -0.2) is 78.7 Å². The predicted octanol–water partition coefficient (Wildman–Crippen LogP) is 2.52. The fraction of sp³-hybridized carbons (Fsp3) is 0.360. The molecule has 0 saturated carbocycles. The first-order chi connectivity index (χ1) is 17.2. The van der Waals surface area contributed by atoms with E-state index in [1.54, 1.807) is 36.3 Å². The molecule has 0 spiro atoms. The lowest BCUT2D eigenvalue weighted by Gasteiger charge is -2.32. The number of hydrogen-bond donors (Lipinski definition) is 3. The molecular weight excluding hydrogens is 484 g/mol. The van der Waals surface area contributed by atoms with Crippen LogP contribution in [0.1, 0.15) is 23.6 Å².